The van der Waals surface area contributed by atoms with Crippen molar-refractivity contribution in [3.63, 3.8) is 0 Å². The van der Waals surface area contributed by atoms with E-state index in [-0.39, 0.29) is 0 Å². The molecule has 0 bridgehead atoms. The largest absolute Gasteiger partial charge is 0.508 e. The molecule has 0 aliphatic carbocycles. The van der Waals surface area contributed by atoms with Gasteiger partial charge in [0.05, 0.1) is 13.2 Å². The SMILES string of the molecule is CCO[PH](=O)OCC.Oc1ccccc1.Oc1ccccc1. The van der Waals surface area contributed by atoms with E-state index < -0.39 is 8.25 Å². The second-order valence-electron chi connectivity index (χ2n) is 3.79. The number of para-hydroxylation sites is 2. The van der Waals surface area contributed by atoms with Crippen molar-refractivity contribution in [2.45, 2.75) is 13.8 Å². The van der Waals surface area contributed by atoms with Gasteiger partial charge in [-0.2, -0.15) is 0 Å². The zero-order valence-corrected chi connectivity index (χ0v) is 13.8. The predicted octanol–water partition coefficient (Wildman–Crippen LogP) is 4.23. The van der Waals surface area contributed by atoms with Gasteiger partial charge in [0, 0.05) is 0 Å². The molecule has 2 aromatic carbocycles. The van der Waals surface area contributed by atoms with Crippen LogP contribution in [0.1, 0.15) is 13.8 Å². The number of hydrogen-bond donors (Lipinski definition) is 2. The molecule has 0 amide bonds. The molecule has 5 nitrogen and oxygen atoms in total. The van der Waals surface area contributed by atoms with Crippen molar-refractivity contribution in [3.05, 3.63) is 60.7 Å². The number of hydrogen-bond acceptors (Lipinski definition) is 5. The summed E-state index contributed by atoms with van der Waals surface area (Å²) in [5.41, 5.74) is 0. The lowest BCUT2D eigenvalue weighted by Crippen LogP contribution is -1.81. The predicted molar refractivity (Wildman–Crippen MR) is 88.5 cm³/mol. The van der Waals surface area contributed by atoms with Gasteiger partial charge in [-0.25, -0.2) is 0 Å². The second-order valence-corrected chi connectivity index (χ2v) is 4.86. The smallest absolute Gasteiger partial charge is 0.319 e. The molecule has 0 aliphatic heterocycles. The molecule has 0 fully saturated rings. The van der Waals surface area contributed by atoms with E-state index in [9.17, 15) is 4.57 Å². The fourth-order valence-corrected chi connectivity index (χ4v) is 1.69. The molecule has 2 N–H and O–H groups in total. The average molecular weight is 326 g/mol. The van der Waals surface area contributed by atoms with E-state index in [0.717, 1.165) is 0 Å². The molecule has 2 rings (SSSR count). The maximum absolute atomic E-state index is 10.4. The highest BCUT2D eigenvalue weighted by Gasteiger charge is 1.91. The van der Waals surface area contributed by atoms with Gasteiger partial charge >= 0.3 is 8.25 Å². The van der Waals surface area contributed by atoms with Gasteiger partial charge in [-0.15, -0.1) is 0 Å². The van der Waals surface area contributed by atoms with Gasteiger partial charge in [0.25, 0.3) is 0 Å². The summed E-state index contributed by atoms with van der Waals surface area (Å²) in [6.45, 7) is 4.47. The second kappa shape index (κ2) is 14.1. The minimum atomic E-state index is -2.14. The van der Waals surface area contributed by atoms with Crippen molar-refractivity contribution < 1.29 is 23.8 Å². The molecule has 6 heteroatoms. The molecule has 2 aromatic rings. The summed E-state index contributed by atoms with van der Waals surface area (Å²) in [7, 11) is -2.14. The minimum absolute atomic E-state index is 0.322. The fraction of sp³-hybridized carbons (Fsp3) is 0.250. The number of aromatic hydroxyl groups is 2. The number of benzene rings is 2. The van der Waals surface area contributed by atoms with Gasteiger partial charge in [-0.05, 0) is 38.1 Å². The van der Waals surface area contributed by atoms with Crippen LogP contribution >= 0.6 is 8.25 Å². The number of rotatable bonds is 4. The van der Waals surface area contributed by atoms with E-state index in [4.69, 9.17) is 10.2 Å². The Morgan fingerprint density at radius 3 is 1.27 bits per heavy atom. The molecule has 122 valence electrons. The van der Waals surface area contributed by atoms with Crippen LogP contribution in [0.15, 0.2) is 60.7 Å². The molecule has 0 spiro atoms. The molecule has 0 heterocycles. The van der Waals surface area contributed by atoms with Crippen LogP contribution in [-0.4, -0.2) is 23.4 Å². The monoisotopic (exact) mass is 326 g/mol. The van der Waals surface area contributed by atoms with Crippen molar-refractivity contribution >= 4 is 8.25 Å². The van der Waals surface area contributed by atoms with Gasteiger partial charge in [0.1, 0.15) is 11.5 Å². The highest BCUT2D eigenvalue weighted by Crippen LogP contribution is 2.21. The van der Waals surface area contributed by atoms with Crippen molar-refractivity contribution in [1.82, 2.24) is 0 Å². The first kappa shape index (κ1) is 20.2. The number of phenolic OH excluding ortho intramolecular Hbond substituents is 2. The number of phenols is 2. The Morgan fingerprint density at radius 1 is 0.773 bits per heavy atom. The van der Waals surface area contributed by atoms with E-state index in [1.165, 1.54) is 0 Å². The molecule has 0 radical (unpaired) electrons. The van der Waals surface area contributed by atoms with E-state index in [1.807, 2.05) is 12.1 Å². The maximum Gasteiger partial charge on any atom is 0.319 e. The van der Waals surface area contributed by atoms with Crippen LogP contribution in [0.2, 0.25) is 0 Å². The van der Waals surface area contributed by atoms with E-state index in [1.54, 1.807) is 62.4 Å². The van der Waals surface area contributed by atoms with Gasteiger partial charge < -0.3 is 19.3 Å². The van der Waals surface area contributed by atoms with Crippen LogP contribution in [0.5, 0.6) is 11.5 Å². The standard InChI is InChI=1S/2C6H6O.C4H11O3P/c2*7-6-4-2-1-3-5-6;1-3-6-8(5)7-4-2/h2*1-5,7H;8H,3-4H2,1-2H3. The molecule has 0 saturated carbocycles. The van der Waals surface area contributed by atoms with Crippen LogP contribution in [0, 0.1) is 0 Å². The summed E-state index contributed by atoms with van der Waals surface area (Å²) in [5.74, 6) is 0.644. The third kappa shape index (κ3) is 13.2. The zero-order chi connectivity index (χ0) is 16.6. The molecule has 0 aromatic heterocycles. The highest BCUT2D eigenvalue weighted by molar-refractivity contribution is 7.33. The van der Waals surface area contributed by atoms with Crippen molar-refractivity contribution in [2.75, 3.05) is 13.2 Å². The van der Waals surface area contributed by atoms with E-state index >= 15 is 0 Å². The first-order chi connectivity index (χ1) is 10.6. The van der Waals surface area contributed by atoms with Crippen molar-refractivity contribution in [3.8, 4) is 11.5 Å². The quantitative estimate of drug-likeness (QED) is 0.822. The Bertz CT molecular complexity index is 445. The fourth-order valence-electron chi connectivity index (χ4n) is 1.13. The summed E-state index contributed by atoms with van der Waals surface area (Å²) in [4.78, 5) is 0. The van der Waals surface area contributed by atoms with E-state index in [2.05, 4.69) is 9.05 Å². The lowest BCUT2D eigenvalue weighted by atomic mass is 10.3. The molecular weight excluding hydrogens is 303 g/mol. The highest BCUT2D eigenvalue weighted by atomic mass is 31.1. The van der Waals surface area contributed by atoms with Crippen LogP contribution in [0.4, 0.5) is 0 Å². The molecule has 0 atom stereocenters. The molecule has 22 heavy (non-hydrogen) atoms. The average Bonchev–Trinajstić information content (AvgIpc) is 2.51. The lowest BCUT2D eigenvalue weighted by Gasteiger charge is -1.97. The summed E-state index contributed by atoms with van der Waals surface area (Å²) in [5, 5.41) is 17.3. The van der Waals surface area contributed by atoms with Gasteiger partial charge in [0.2, 0.25) is 0 Å². The summed E-state index contributed by atoms with van der Waals surface area (Å²) < 4.78 is 19.6. The molecule has 0 aliphatic rings. The first-order valence-electron chi connectivity index (χ1n) is 6.87. The van der Waals surface area contributed by atoms with Gasteiger partial charge in [-0.1, -0.05) is 36.4 Å². The topological polar surface area (TPSA) is 76.0 Å². The molecule has 0 saturated heterocycles. The van der Waals surface area contributed by atoms with Crippen molar-refractivity contribution in [2.24, 2.45) is 0 Å². The summed E-state index contributed by atoms with van der Waals surface area (Å²) in [6, 6.07) is 17.4. The first-order valence-corrected chi connectivity index (χ1v) is 8.10. The normalized spacial score (nSPS) is 9.23. The Kier molecular flexibility index (Phi) is 13.0. The van der Waals surface area contributed by atoms with Gasteiger partial charge in [0.15, 0.2) is 0 Å². The Balaban J connectivity index is 0.000000301. The van der Waals surface area contributed by atoms with Crippen LogP contribution in [-0.2, 0) is 13.6 Å². The molecular formula is C16H23O5P. The summed E-state index contributed by atoms with van der Waals surface area (Å²) in [6.07, 6.45) is 0. The Labute approximate surface area is 132 Å². The van der Waals surface area contributed by atoms with Crippen LogP contribution in [0.25, 0.3) is 0 Å². The minimum Gasteiger partial charge on any atom is -0.508 e. The van der Waals surface area contributed by atoms with Crippen LogP contribution in [0.3, 0.4) is 0 Å². The van der Waals surface area contributed by atoms with Crippen molar-refractivity contribution in [1.29, 1.82) is 0 Å². The molecule has 0 unspecified atom stereocenters. The third-order valence-corrected chi connectivity index (χ3v) is 3.09. The van der Waals surface area contributed by atoms with Crippen LogP contribution < -0.4 is 0 Å². The Hall–Kier alpha value is -1.81. The lowest BCUT2D eigenvalue weighted by molar-refractivity contribution is 0.243. The Morgan fingerprint density at radius 2 is 1.09 bits per heavy atom. The maximum atomic E-state index is 10.4. The third-order valence-electron chi connectivity index (χ3n) is 2.04. The summed E-state index contributed by atoms with van der Waals surface area (Å²) >= 11 is 0. The van der Waals surface area contributed by atoms with E-state index in [0.29, 0.717) is 24.7 Å². The van der Waals surface area contributed by atoms with Gasteiger partial charge in [-0.3, -0.25) is 4.57 Å². The zero-order valence-electron chi connectivity index (χ0n) is 12.8.